The molecule has 1 fully saturated rings. The minimum absolute atomic E-state index is 0.0604. The number of tetrazole rings is 1. The van der Waals surface area contributed by atoms with Gasteiger partial charge in [0.1, 0.15) is 0 Å². The van der Waals surface area contributed by atoms with Crippen molar-refractivity contribution in [2.75, 3.05) is 40.4 Å². The van der Waals surface area contributed by atoms with Crippen molar-refractivity contribution in [3.05, 3.63) is 53.7 Å². The fraction of sp³-hybridized carbons (Fsp3) is 0.520. The molecule has 3 aromatic rings. The lowest BCUT2D eigenvalue weighted by atomic mass is 10.0. The van der Waals surface area contributed by atoms with Crippen molar-refractivity contribution in [1.29, 1.82) is 0 Å². The lowest BCUT2D eigenvalue weighted by molar-refractivity contribution is 0.0500. The van der Waals surface area contributed by atoms with Crippen LogP contribution in [0.5, 0.6) is 11.5 Å². The van der Waals surface area contributed by atoms with Gasteiger partial charge >= 0.3 is 0 Å². The Balaban J connectivity index is 1.44. The van der Waals surface area contributed by atoms with Crippen LogP contribution in [0.3, 0.4) is 0 Å². The predicted octanol–water partition coefficient (Wildman–Crippen LogP) is 3.07. The average molecular weight is 483 g/mol. The molecular formula is C25H34N6O4. The van der Waals surface area contributed by atoms with E-state index in [1.807, 2.05) is 27.8 Å². The molecule has 0 radical (unpaired) electrons. The summed E-state index contributed by atoms with van der Waals surface area (Å²) in [6.07, 6.45) is 3.23. The Morgan fingerprint density at radius 2 is 1.86 bits per heavy atom. The van der Waals surface area contributed by atoms with Crippen LogP contribution in [0.25, 0.3) is 0 Å². The predicted molar refractivity (Wildman–Crippen MR) is 129 cm³/mol. The molecule has 188 valence electrons. The Bertz CT molecular complexity index is 1090. The normalized spacial score (nSPS) is 15.4. The number of carbonyl (C=O) groups excluding carboxylic acids is 1. The van der Waals surface area contributed by atoms with Crippen molar-refractivity contribution in [3.8, 4) is 11.5 Å². The zero-order valence-electron chi connectivity index (χ0n) is 20.9. The van der Waals surface area contributed by atoms with Gasteiger partial charge in [0.05, 0.1) is 26.5 Å². The number of aryl methyl sites for hydroxylation is 2. The number of aromatic nitrogens is 4. The van der Waals surface area contributed by atoms with E-state index in [1.165, 1.54) is 6.26 Å². The second-order valence-electron chi connectivity index (χ2n) is 9.15. The minimum Gasteiger partial charge on any atom is -0.493 e. The molecule has 0 spiro atoms. The molecule has 10 heteroatoms. The summed E-state index contributed by atoms with van der Waals surface area (Å²) in [7, 11) is 3.27. The summed E-state index contributed by atoms with van der Waals surface area (Å²) in [5.41, 5.74) is 1.12. The molecule has 0 saturated carbocycles. The van der Waals surface area contributed by atoms with Crippen LogP contribution >= 0.6 is 0 Å². The van der Waals surface area contributed by atoms with Crippen molar-refractivity contribution in [2.24, 2.45) is 5.92 Å². The third-order valence-electron chi connectivity index (χ3n) is 6.39. The standard InChI is InChI=1S/C25H34N6O4/c1-18(2)16-20(29-11-13-30(14-12-29)25(32)22-6-5-15-35-22)24-26-27-28-31(24)10-9-19-7-8-21(33-3)23(17-19)34-4/h5-8,15,17-18,20H,9-14,16H2,1-4H3. The molecule has 3 heterocycles. The fourth-order valence-corrected chi connectivity index (χ4v) is 4.54. The maximum absolute atomic E-state index is 12.7. The van der Waals surface area contributed by atoms with Crippen LogP contribution in [0.4, 0.5) is 0 Å². The zero-order chi connectivity index (χ0) is 24.8. The monoisotopic (exact) mass is 482 g/mol. The molecular weight excluding hydrogens is 448 g/mol. The van der Waals surface area contributed by atoms with Gasteiger partial charge in [-0.1, -0.05) is 19.9 Å². The van der Waals surface area contributed by atoms with E-state index in [0.29, 0.717) is 42.8 Å². The molecule has 1 atom stereocenters. The van der Waals surface area contributed by atoms with E-state index in [9.17, 15) is 4.79 Å². The van der Waals surface area contributed by atoms with Gasteiger partial charge in [0.25, 0.3) is 5.91 Å². The third kappa shape index (κ3) is 5.82. The summed E-state index contributed by atoms with van der Waals surface area (Å²) >= 11 is 0. The summed E-state index contributed by atoms with van der Waals surface area (Å²) in [4.78, 5) is 16.9. The molecule has 1 unspecified atom stereocenters. The van der Waals surface area contributed by atoms with Gasteiger partial charge in [-0.2, -0.15) is 0 Å². The third-order valence-corrected chi connectivity index (χ3v) is 6.39. The van der Waals surface area contributed by atoms with Gasteiger partial charge in [0, 0.05) is 32.7 Å². The van der Waals surface area contributed by atoms with E-state index >= 15 is 0 Å². The summed E-state index contributed by atoms with van der Waals surface area (Å²) in [6.45, 7) is 7.87. The van der Waals surface area contributed by atoms with E-state index in [-0.39, 0.29) is 11.9 Å². The molecule has 4 rings (SSSR count). The first kappa shape index (κ1) is 24.7. The summed E-state index contributed by atoms with van der Waals surface area (Å²) in [5.74, 6) is 3.08. The summed E-state index contributed by atoms with van der Waals surface area (Å²) in [6, 6.07) is 9.47. The highest BCUT2D eigenvalue weighted by Gasteiger charge is 2.31. The fourth-order valence-electron chi connectivity index (χ4n) is 4.54. The SMILES string of the molecule is COc1ccc(CCn2nnnc2C(CC(C)C)N2CCN(C(=O)c3ccco3)CC2)cc1OC. The zero-order valence-corrected chi connectivity index (χ0v) is 20.9. The number of furan rings is 1. The molecule has 10 nitrogen and oxygen atoms in total. The number of rotatable bonds is 10. The van der Waals surface area contributed by atoms with E-state index in [0.717, 1.165) is 37.3 Å². The first-order valence-electron chi connectivity index (χ1n) is 12.0. The number of ether oxygens (including phenoxy) is 2. The van der Waals surface area contributed by atoms with Crippen molar-refractivity contribution < 1.29 is 18.7 Å². The molecule has 1 saturated heterocycles. The second kappa shape index (κ2) is 11.4. The Morgan fingerprint density at radius 3 is 2.51 bits per heavy atom. The maximum Gasteiger partial charge on any atom is 0.289 e. The maximum atomic E-state index is 12.7. The molecule has 1 aliphatic heterocycles. The highest BCUT2D eigenvalue weighted by molar-refractivity contribution is 5.91. The molecule has 1 aliphatic rings. The van der Waals surface area contributed by atoms with Gasteiger partial charge in [0.15, 0.2) is 23.1 Å². The Kier molecular flexibility index (Phi) is 8.02. The van der Waals surface area contributed by atoms with Gasteiger partial charge < -0.3 is 18.8 Å². The Hall–Kier alpha value is -3.40. The van der Waals surface area contributed by atoms with Crippen molar-refractivity contribution in [3.63, 3.8) is 0 Å². The van der Waals surface area contributed by atoms with Crippen LogP contribution < -0.4 is 9.47 Å². The first-order valence-corrected chi connectivity index (χ1v) is 12.0. The number of methoxy groups -OCH3 is 2. The lowest BCUT2D eigenvalue weighted by Crippen LogP contribution is -2.50. The Labute approximate surface area is 205 Å². The molecule has 35 heavy (non-hydrogen) atoms. The van der Waals surface area contributed by atoms with Crippen molar-refractivity contribution in [1.82, 2.24) is 30.0 Å². The molecule has 0 aliphatic carbocycles. The van der Waals surface area contributed by atoms with Gasteiger partial charge in [-0.3, -0.25) is 9.69 Å². The van der Waals surface area contributed by atoms with Crippen LogP contribution in [0.2, 0.25) is 0 Å². The van der Waals surface area contributed by atoms with Crippen LogP contribution in [0, 0.1) is 5.92 Å². The number of benzene rings is 1. The van der Waals surface area contributed by atoms with Gasteiger partial charge in [-0.15, -0.1) is 5.10 Å². The van der Waals surface area contributed by atoms with Crippen LogP contribution in [0.1, 0.15) is 48.3 Å². The van der Waals surface area contributed by atoms with E-state index in [1.54, 1.807) is 26.4 Å². The number of hydrogen-bond donors (Lipinski definition) is 0. The molecule has 0 N–H and O–H groups in total. The van der Waals surface area contributed by atoms with Gasteiger partial charge in [-0.25, -0.2) is 4.68 Å². The van der Waals surface area contributed by atoms with Gasteiger partial charge in [-0.05, 0) is 59.0 Å². The minimum atomic E-state index is -0.0604. The highest BCUT2D eigenvalue weighted by Crippen LogP contribution is 2.29. The van der Waals surface area contributed by atoms with Crippen LogP contribution in [-0.4, -0.2) is 76.3 Å². The summed E-state index contributed by atoms with van der Waals surface area (Å²) in [5, 5.41) is 12.7. The molecule has 1 amide bonds. The topological polar surface area (TPSA) is 98.8 Å². The van der Waals surface area contributed by atoms with Gasteiger partial charge in [0.2, 0.25) is 0 Å². The van der Waals surface area contributed by atoms with Crippen molar-refractivity contribution >= 4 is 5.91 Å². The summed E-state index contributed by atoms with van der Waals surface area (Å²) < 4.78 is 18.0. The van der Waals surface area contributed by atoms with Crippen molar-refractivity contribution in [2.45, 2.75) is 39.3 Å². The Morgan fingerprint density at radius 1 is 1.09 bits per heavy atom. The molecule has 0 bridgehead atoms. The molecule has 1 aromatic carbocycles. The lowest BCUT2D eigenvalue weighted by Gasteiger charge is -2.39. The number of hydrogen-bond acceptors (Lipinski definition) is 8. The number of piperazine rings is 1. The average Bonchev–Trinajstić information content (AvgIpc) is 3.58. The van der Waals surface area contributed by atoms with Crippen LogP contribution in [0.15, 0.2) is 41.0 Å². The number of amides is 1. The number of carbonyl (C=O) groups is 1. The number of nitrogens with zero attached hydrogens (tertiary/aromatic N) is 6. The van der Waals surface area contributed by atoms with E-state index in [4.69, 9.17) is 13.9 Å². The molecule has 2 aromatic heterocycles. The smallest absolute Gasteiger partial charge is 0.289 e. The van der Waals surface area contributed by atoms with E-state index in [2.05, 4.69) is 34.3 Å². The first-order chi connectivity index (χ1) is 17.0. The highest BCUT2D eigenvalue weighted by atomic mass is 16.5. The van der Waals surface area contributed by atoms with Crippen LogP contribution in [-0.2, 0) is 13.0 Å². The second-order valence-corrected chi connectivity index (χ2v) is 9.15. The van der Waals surface area contributed by atoms with E-state index < -0.39 is 0 Å². The largest absolute Gasteiger partial charge is 0.493 e. The quantitative estimate of drug-likeness (QED) is 0.435.